The molecule has 8 nitrogen and oxygen atoms in total. The molecule has 0 saturated heterocycles. The number of ether oxygens (including phenoxy) is 4. The lowest BCUT2D eigenvalue weighted by atomic mass is 10.1. The van der Waals surface area contributed by atoms with Crippen molar-refractivity contribution < 1.29 is 33.2 Å². The van der Waals surface area contributed by atoms with Crippen LogP contribution in [-0.2, 0) is 18.9 Å². The molecule has 0 spiro atoms. The zero-order valence-electron chi connectivity index (χ0n) is 15.5. The SMILES string of the molecule is CC(C)(C)N(CCOCCOCCOCCOCC(F)CN)C(=O)O. The van der Waals surface area contributed by atoms with Crippen molar-refractivity contribution in [1.29, 1.82) is 0 Å². The van der Waals surface area contributed by atoms with Crippen LogP contribution in [0.25, 0.3) is 0 Å². The Bertz CT molecular complexity index is 341. The highest BCUT2D eigenvalue weighted by Crippen LogP contribution is 2.12. The topological polar surface area (TPSA) is 103 Å². The van der Waals surface area contributed by atoms with Crippen LogP contribution in [0, 0.1) is 0 Å². The molecule has 0 bridgehead atoms. The van der Waals surface area contributed by atoms with Crippen LogP contribution in [0.3, 0.4) is 0 Å². The molecule has 1 unspecified atom stereocenters. The Hall–Kier alpha value is -1.00. The fourth-order valence-electron chi connectivity index (χ4n) is 1.81. The lowest BCUT2D eigenvalue weighted by molar-refractivity contribution is -0.0105. The number of halogens is 1. The molecule has 1 atom stereocenters. The minimum absolute atomic E-state index is 0.0117. The first-order valence-corrected chi connectivity index (χ1v) is 8.44. The molecule has 150 valence electrons. The van der Waals surface area contributed by atoms with Gasteiger partial charge in [-0.25, -0.2) is 9.18 Å². The number of rotatable bonds is 15. The lowest BCUT2D eigenvalue weighted by Gasteiger charge is -2.32. The van der Waals surface area contributed by atoms with E-state index in [0.29, 0.717) is 52.8 Å². The van der Waals surface area contributed by atoms with E-state index in [1.165, 1.54) is 4.90 Å². The van der Waals surface area contributed by atoms with Crippen LogP contribution in [0.5, 0.6) is 0 Å². The average Bonchev–Trinajstić information content (AvgIpc) is 2.53. The number of hydrogen-bond acceptors (Lipinski definition) is 6. The van der Waals surface area contributed by atoms with Gasteiger partial charge in [0.25, 0.3) is 0 Å². The van der Waals surface area contributed by atoms with Gasteiger partial charge in [0.05, 0.1) is 52.9 Å². The Labute approximate surface area is 149 Å². The van der Waals surface area contributed by atoms with Gasteiger partial charge < -0.3 is 34.7 Å². The molecule has 0 rings (SSSR count). The number of carboxylic acid groups (broad SMARTS) is 1. The summed E-state index contributed by atoms with van der Waals surface area (Å²) >= 11 is 0. The third kappa shape index (κ3) is 13.9. The van der Waals surface area contributed by atoms with Crippen LogP contribution in [0.4, 0.5) is 9.18 Å². The van der Waals surface area contributed by atoms with E-state index >= 15 is 0 Å². The van der Waals surface area contributed by atoms with Crippen molar-refractivity contribution in [3.05, 3.63) is 0 Å². The van der Waals surface area contributed by atoms with E-state index in [1.807, 2.05) is 20.8 Å². The third-order valence-corrected chi connectivity index (χ3v) is 3.17. The molecule has 0 saturated carbocycles. The number of nitrogens with two attached hydrogens (primary N) is 1. The molecular weight excluding hydrogens is 335 g/mol. The van der Waals surface area contributed by atoms with E-state index in [0.717, 1.165) is 0 Å². The van der Waals surface area contributed by atoms with E-state index in [4.69, 9.17) is 29.8 Å². The van der Waals surface area contributed by atoms with E-state index in [1.54, 1.807) is 0 Å². The summed E-state index contributed by atoms with van der Waals surface area (Å²) in [6.07, 6.45) is -2.09. The van der Waals surface area contributed by atoms with Gasteiger partial charge in [0.2, 0.25) is 0 Å². The molecule has 1 amide bonds. The summed E-state index contributed by atoms with van der Waals surface area (Å²) in [4.78, 5) is 12.5. The fourth-order valence-corrected chi connectivity index (χ4v) is 1.81. The van der Waals surface area contributed by atoms with Crippen molar-refractivity contribution in [2.75, 3.05) is 65.9 Å². The van der Waals surface area contributed by atoms with E-state index in [-0.39, 0.29) is 13.2 Å². The first kappa shape index (κ1) is 24.0. The Morgan fingerprint density at radius 1 is 1.00 bits per heavy atom. The van der Waals surface area contributed by atoms with Crippen LogP contribution in [0.15, 0.2) is 0 Å². The van der Waals surface area contributed by atoms with Gasteiger partial charge >= 0.3 is 6.09 Å². The van der Waals surface area contributed by atoms with Crippen LogP contribution < -0.4 is 5.73 Å². The molecule has 0 radical (unpaired) electrons. The molecular formula is C16H33FN2O6. The monoisotopic (exact) mass is 368 g/mol. The lowest BCUT2D eigenvalue weighted by Crippen LogP contribution is -2.46. The van der Waals surface area contributed by atoms with Gasteiger partial charge in [0.15, 0.2) is 0 Å². The molecule has 0 heterocycles. The smallest absolute Gasteiger partial charge is 0.407 e. The van der Waals surface area contributed by atoms with Crippen molar-refractivity contribution in [3.63, 3.8) is 0 Å². The second-order valence-corrected chi connectivity index (χ2v) is 6.35. The summed E-state index contributed by atoms with van der Waals surface area (Å²) in [5.41, 5.74) is 4.66. The summed E-state index contributed by atoms with van der Waals surface area (Å²) in [5, 5.41) is 9.12. The summed E-state index contributed by atoms with van der Waals surface area (Å²) in [6, 6.07) is 0. The van der Waals surface area contributed by atoms with Crippen molar-refractivity contribution in [2.45, 2.75) is 32.5 Å². The minimum atomic E-state index is -1.13. The van der Waals surface area contributed by atoms with Crippen molar-refractivity contribution in [3.8, 4) is 0 Å². The molecule has 0 aromatic rings. The standard InChI is InChI=1S/C16H33FN2O6/c1-16(2,3)19(15(20)21)4-5-22-6-7-23-8-9-24-10-11-25-13-14(17)12-18/h14H,4-13,18H2,1-3H3,(H,20,21). The van der Waals surface area contributed by atoms with Crippen LogP contribution in [0.2, 0.25) is 0 Å². The second kappa shape index (κ2) is 14.2. The van der Waals surface area contributed by atoms with Crippen molar-refractivity contribution in [1.82, 2.24) is 4.90 Å². The molecule has 0 aliphatic rings. The molecule has 0 fully saturated rings. The van der Waals surface area contributed by atoms with Gasteiger partial charge in [0.1, 0.15) is 6.17 Å². The van der Waals surface area contributed by atoms with Gasteiger partial charge in [-0.15, -0.1) is 0 Å². The van der Waals surface area contributed by atoms with Gasteiger partial charge in [-0.3, -0.25) is 0 Å². The normalized spacial score (nSPS) is 13.0. The van der Waals surface area contributed by atoms with E-state index in [2.05, 4.69) is 0 Å². The Balaban J connectivity index is 3.38. The third-order valence-electron chi connectivity index (χ3n) is 3.17. The Morgan fingerprint density at radius 3 is 1.84 bits per heavy atom. The quantitative estimate of drug-likeness (QED) is 0.418. The zero-order chi connectivity index (χ0) is 19.1. The first-order valence-electron chi connectivity index (χ1n) is 8.44. The molecule has 0 aliphatic heterocycles. The Morgan fingerprint density at radius 2 is 1.44 bits per heavy atom. The maximum absolute atomic E-state index is 12.7. The minimum Gasteiger partial charge on any atom is -0.465 e. The molecule has 0 aromatic carbocycles. The molecule has 0 aromatic heterocycles. The van der Waals surface area contributed by atoms with Crippen LogP contribution in [0.1, 0.15) is 20.8 Å². The summed E-state index contributed by atoms with van der Waals surface area (Å²) in [5.74, 6) is 0. The molecule has 0 aliphatic carbocycles. The molecule has 9 heteroatoms. The largest absolute Gasteiger partial charge is 0.465 e. The maximum Gasteiger partial charge on any atom is 0.407 e. The van der Waals surface area contributed by atoms with Crippen LogP contribution >= 0.6 is 0 Å². The average molecular weight is 368 g/mol. The summed E-state index contributed by atoms with van der Waals surface area (Å²) in [7, 11) is 0. The van der Waals surface area contributed by atoms with Gasteiger partial charge in [-0.1, -0.05) is 0 Å². The number of amides is 1. The number of carbonyl (C=O) groups is 1. The Kier molecular flexibility index (Phi) is 13.6. The van der Waals surface area contributed by atoms with Crippen LogP contribution in [-0.4, -0.2) is 93.8 Å². The van der Waals surface area contributed by atoms with Gasteiger partial charge in [-0.05, 0) is 20.8 Å². The highest BCUT2D eigenvalue weighted by atomic mass is 19.1. The van der Waals surface area contributed by atoms with Gasteiger partial charge in [0, 0.05) is 18.6 Å². The van der Waals surface area contributed by atoms with Crippen molar-refractivity contribution in [2.24, 2.45) is 5.73 Å². The fraction of sp³-hybridized carbons (Fsp3) is 0.938. The number of nitrogens with zero attached hydrogens (tertiary/aromatic N) is 1. The summed E-state index contributed by atoms with van der Waals surface area (Å²) in [6.45, 7) is 8.40. The zero-order valence-corrected chi connectivity index (χ0v) is 15.5. The molecule has 25 heavy (non-hydrogen) atoms. The highest BCUT2D eigenvalue weighted by Gasteiger charge is 2.25. The first-order chi connectivity index (χ1) is 11.8. The number of alkyl halides is 1. The highest BCUT2D eigenvalue weighted by molar-refractivity contribution is 5.65. The van der Waals surface area contributed by atoms with E-state index in [9.17, 15) is 9.18 Å². The van der Waals surface area contributed by atoms with Gasteiger partial charge in [-0.2, -0.15) is 0 Å². The maximum atomic E-state index is 12.7. The predicted octanol–water partition coefficient (Wildman–Crippen LogP) is 1.13. The van der Waals surface area contributed by atoms with E-state index < -0.39 is 17.8 Å². The number of hydrogen-bond donors (Lipinski definition) is 2. The van der Waals surface area contributed by atoms with Crippen molar-refractivity contribution >= 4 is 6.09 Å². The summed E-state index contributed by atoms with van der Waals surface area (Å²) < 4.78 is 33.7. The molecule has 3 N–H and O–H groups in total. The second-order valence-electron chi connectivity index (χ2n) is 6.35. The predicted molar refractivity (Wildman–Crippen MR) is 91.7 cm³/mol.